The molecule has 0 radical (unpaired) electrons. The number of ether oxygens (including phenoxy) is 2. The molecule has 0 heterocycles. The molecule has 0 bridgehead atoms. The lowest BCUT2D eigenvalue weighted by Gasteiger charge is -2.05. The third kappa shape index (κ3) is 6.09. The van der Waals surface area contributed by atoms with E-state index in [9.17, 15) is 19.6 Å². The van der Waals surface area contributed by atoms with Crippen LogP contribution in [0.1, 0.15) is 11.1 Å². The second kappa shape index (κ2) is 9.70. The molecule has 0 saturated carbocycles. The second-order valence-corrected chi connectivity index (χ2v) is 6.81. The van der Waals surface area contributed by atoms with E-state index in [2.05, 4.69) is 0 Å². The average molecular weight is 388 g/mol. The van der Waals surface area contributed by atoms with Crippen LogP contribution in [0, 0.1) is 0 Å². The summed E-state index contributed by atoms with van der Waals surface area (Å²) in [4.78, 5) is 12.0. The highest BCUT2D eigenvalue weighted by Gasteiger charge is 2.09. The van der Waals surface area contributed by atoms with Crippen molar-refractivity contribution in [2.24, 2.45) is 0 Å². The van der Waals surface area contributed by atoms with Crippen LogP contribution in [0.25, 0.3) is 12.2 Å². The lowest BCUT2D eigenvalue weighted by molar-refractivity contribution is -0.112. The van der Waals surface area contributed by atoms with Crippen molar-refractivity contribution in [3.05, 3.63) is 59.0 Å². The van der Waals surface area contributed by atoms with E-state index < -0.39 is 11.2 Å². The average Bonchev–Trinajstić information content (AvgIpc) is 2.66. The largest absolute Gasteiger partial charge is 0.612 e. The molecule has 0 spiro atoms. The lowest BCUT2D eigenvalue weighted by Crippen LogP contribution is -2.11. The Bertz CT molecular complexity index is 860. The second-order valence-electron chi connectivity index (χ2n) is 5.49. The van der Waals surface area contributed by atoms with Gasteiger partial charge in [0, 0.05) is 0 Å². The molecular formula is C20H20O6S. The number of phenols is 2. The normalized spacial score (nSPS) is 12.4. The Labute approximate surface area is 160 Å². The van der Waals surface area contributed by atoms with E-state index in [4.69, 9.17) is 9.47 Å². The molecule has 0 fully saturated rings. The third-order valence-corrected chi connectivity index (χ3v) is 4.57. The van der Waals surface area contributed by atoms with E-state index in [0.29, 0.717) is 22.6 Å². The molecule has 2 N–H and O–H groups in total. The molecule has 2 rings (SSSR count). The fraction of sp³-hybridized carbons (Fsp3) is 0.150. The van der Waals surface area contributed by atoms with Crippen LogP contribution in [-0.2, 0) is 16.0 Å². The molecule has 1 atom stereocenters. The molecule has 0 saturated heterocycles. The summed E-state index contributed by atoms with van der Waals surface area (Å²) in [6.07, 6.45) is 4.50. The van der Waals surface area contributed by atoms with Crippen molar-refractivity contribution in [1.29, 1.82) is 0 Å². The van der Waals surface area contributed by atoms with E-state index in [1.165, 1.54) is 37.8 Å². The molecule has 2 aromatic rings. The van der Waals surface area contributed by atoms with Crippen LogP contribution >= 0.6 is 0 Å². The minimum absolute atomic E-state index is 0.0121. The van der Waals surface area contributed by atoms with Crippen LogP contribution in [0.2, 0.25) is 0 Å². The molecule has 0 aromatic heterocycles. The van der Waals surface area contributed by atoms with Gasteiger partial charge in [-0.3, -0.25) is 4.79 Å². The van der Waals surface area contributed by atoms with E-state index in [1.807, 2.05) is 0 Å². The number of phenolic OH excluding ortho intramolecular Hbond substituents is 2. The molecule has 6 nitrogen and oxygen atoms in total. The Hall–Kier alpha value is -2.90. The van der Waals surface area contributed by atoms with Crippen molar-refractivity contribution in [3.8, 4) is 23.0 Å². The first-order valence-corrected chi connectivity index (χ1v) is 9.31. The van der Waals surface area contributed by atoms with Crippen molar-refractivity contribution in [2.45, 2.75) is 0 Å². The molecule has 0 aliphatic rings. The number of hydrogen-bond acceptors (Lipinski definition) is 6. The van der Waals surface area contributed by atoms with E-state index in [0.717, 1.165) is 0 Å². The van der Waals surface area contributed by atoms with Gasteiger partial charge >= 0.3 is 0 Å². The van der Waals surface area contributed by atoms with Crippen LogP contribution in [0.3, 0.4) is 0 Å². The van der Waals surface area contributed by atoms with Gasteiger partial charge in [0.1, 0.15) is 5.41 Å². The van der Waals surface area contributed by atoms with E-state index in [-0.39, 0.29) is 23.0 Å². The summed E-state index contributed by atoms with van der Waals surface area (Å²) in [5.41, 5.74) is 1.37. The summed E-state index contributed by atoms with van der Waals surface area (Å²) >= 11 is -1.48. The van der Waals surface area contributed by atoms with Gasteiger partial charge in [0.25, 0.3) is 0 Å². The van der Waals surface area contributed by atoms with Crippen molar-refractivity contribution < 1.29 is 29.0 Å². The number of carbonyl (C=O) groups is 1. The van der Waals surface area contributed by atoms with Crippen LogP contribution in [0.4, 0.5) is 0 Å². The van der Waals surface area contributed by atoms with Crippen LogP contribution < -0.4 is 9.47 Å². The number of hydrogen-bond donors (Lipinski definition) is 2. The summed E-state index contributed by atoms with van der Waals surface area (Å²) in [6, 6.07) is 9.41. The highest BCUT2D eigenvalue weighted by atomic mass is 32.2. The fourth-order valence-corrected chi connectivity index (χ4v) is 2.96. The standard InChI is InChI=1S/C20H20O6S/c1-25-19-11-14(4-7-17(19)22)3-6-16(21)13-27(24)10-9-15-5-8-18(23)20(12-15)26-2/h3-12,22-23H,13H2,1-2H3/b6-3-,10-9?. The minimum Gasteiger partial charge on any atom is -0.612 e. The molecule has 2 aromatic carbocycles. The van der Waals surface area contributed by atoms with Crippen molar-refractivity contribution >= 4 is 29.1 Å². The number of allylic oxidation sites excluding steroid dienone is 1. The zero-order valence-corrected chi connectivity index (χ0v) is 15.7. The third-order valence-electron chi connectivity index (χ3n) is 3.57. The lowest BCUT2D eigenvalue weighted by atomic mass is 10.2. The first-order valence-electron chi connectivity index (χ1n) is 7.93. The topological polar surface area (TPSA) is 99.1 Å². The van der Waals surface area contributed by atoms with Gasteiger partial charge in [-0.05, 0) is 58.7 Å². The number of methoxy groups -OCH3 is 2. The summed E-state index contributed by atoms with van der Waals surface area (Å²) in [6.45, 7) is 0. The maximum Gasteiger partial charge on any atom is 0.205 e. The molecule has 142 valence electrons. The number of aromatic hydroxyl groups is 2. The number of benzene rings is 2. The zero-order valence-electron chi connectivity index (χ0n) is 14.9. The first kappa shape index (κ1) is 20.4. The van der Waals surface area contributed by atoms with Gasteiger partial charge in [0.2, 0.25) is 5.78 Å². The van der Waals surface area contributed by atoms with E-state index >= 15 is 0 Å². The highest BCUT2D eigenvalue weighted by Crippen LogP contribution is 2.27. The Morgan fingerprint density at radius 1 is 1.00 bits per heavy atom. The van der Waals surface area contributed by atoms with Crippen LogP contribution in [-0.4, -0.2) is 40.5 Å². The quantitative estimate of drug-likeness (QED) is 0.532. The summed E-state index contributed by atoms with van der Waals surface area (Å²) < 4.78 is 22.1. The van der Waals surface area contributed by atoms with Crippen molar-refractivity contribution in [1.82, 2.24) is 0 Å². The molecule has 0 amide bonds. The molecule has 1 unspecified atom stereocenters. The smallest absolute Gasteiger partial charge is 0.205 e. The Morgan fingerprint density at radius 3 is 2.04 bits per heavy atom. The monoisotopic (exact) mass is 388 g/mol. The van der Waals surface area contributed by atoms with E-state index in [1.54, 1.807) is 36.4 Å². The molecule has 0 aliphatic carbocycles. The Kier molecular flexibility index (Phi) is 7.34. The van der Waals surface area contributed by atoms with Gasteiger partial charge in [-0.2, -0.15) is 0 Å². The van der Waals surface area contributed by atoms with Gasteiger partial charge in [0.15, 0.2) is 28.8 Å². The first-order chi connectivity index (χ1) is 12.9. The Balaban J connectivity index is 1.95. The van der Waals surface area contributed by atoms with Crippen LogP contribution in [0.5, 0.6) is 23.0 Å². The van der Waals surface area contributed by atoms with Gasteiger partial charge in [-0.1, -0.05) is 18.2 Å². The predicted molar refractivity (Wildman–Crippen MR) is 105 cm³/mol. The van der Waals surface area contributed by atoms with Crippen LogP contribution in [0.15, 0.2) is 47.9 Å². The van der Waals surface area contributed by atoms with Gasteiger partial charge in [-0.15, -0.1) is 0 Å². The summed E-state index contributed by atoms with van der Waals surface area (Å²) in [5.74, 6) is 0.192. The maximum atomic E-state index is 12.0. The van der Waals surface area contributed by atoms with Gasteiger partial charge in [-0.25, -0.2) is 0 Å². The Morgan fingerprint density at radius 2 is 1.52 bits per heavy atom. The summed E-state index contributed by atoms with van der Waals surface area (Å²) in [5, 5.41) is 20.5. The number of ketones is 1. The van der Waals surface area contributed by atoms with Gasteiger partial charge < -0.3 is 24.2 Å². The fourth-order valence-electron chi connectivity index (χ4n) is 2.18. The molecule has 0 aliphatic heterocycles. The number of carbonyl (C=O) groups excluding carboxylic acids is 1. The zero-order chi connectivity index (χ0) is 19.8. The van der Waals surface area contributed by atoms with Crippen molar-refractivity contribution in [3.63, 3.8) is 0 Å². The highest BCUT2D eigenvalue weighted by molar-refractivity contribution is 7.95. The summed E-state index contributed by atoms with van der Waals surface area (Å²) in [7, 11) is 2.88. The molecule has 27 heavy (non-hydrogen) atoms. The molecule has 7 heteroatoms. The minimum atomic E-state index is -1.48. The number of rotatable bonds is 8. The SMILES string of the molecule is COc1cc(C=C[S+]([O-])CC(=O)/C=C\c2ccc(O)c(OC)c2)ccc1O. The van der Waals surface area contributed by atoms with Gasteiger partial charge in [0.05, 0.1) is 14.2 Å². The maximum absolute atomic E-state index is 12.0. The predicted octanol–water partition coefficient (Wildman–Crippen LogP) is 3.12. The molecular weight excluding hydrogens is 368 g/mol. The van der Waals surface area contributed by atoms with Crippen molar-refractivity contribution in [2.75, 3.05) is 20.0 Å².